The maximum Gasteiger partial charge on any atom is 0.158 e. The van der Waals surface area contributed by atoms with Gasteiger partial charge < -0.3 is 19.5 Å². The van der Waals surface area contributed by atoms with Gasteiger partial charge in [-0.1, -0.05) is 11.2 Å². The van der Waals surface area contributed by atoms with E-state index in [0.29, 0.717) is 35.1 Å². The Morgan fingerprint density at radius 3 is 2.79 bits per heavy atom. The molecule has 3 aromatic rings. The molecule has 1 aromatic carbocycles. The minimum atomic E-state index is -0.330. The Morgan fingerprint density at radius 1 is 1.31 bits per heavy atom. The van der Waals surface area contributed by atoms with Crippen molar-refractivity contribution in [1.82, 2.24) is 15.0 Å². The summed E-state index contributed by atoms with van der Waals surface area (Å²) in [4.78, 5) is 8.46. The fraction of sp³-hybridized carbons (Fsp3) is 0.333. The highest BCUT2D eigenvalue weighted by atomic mass is 19.1. The monoisotopic (exact) mass is 395 g/mol. The van der Waals surface area contributed by atoms with E-state index >= 15 is 4.39 Å². The van der Waals surface area contributed by atoms with Gasteiger partial charge >= 0.3 is 0 Å². The zero-order chi connectivity index (χ0) is 20.3. The molecule has 0 bridgehead atoms. The first-order chi connectivity index (χ1) is 14.0. The molecule has 1 N–H and O–H groups in total. The molecule has 4 heterocycles. The fourth-order valence-electron chi connectivity index (χ4n) is 4.30. The Hall–Kier alpha value is -3.13. The third-order valence-electron chi connectivity index (χ3n) is 5.58. The normalized spacial score (nSPS) is 19.9. The van der Waals surface area contributed by atoms with Crippen molar-refractivity contribution in [3.8, 4) is 16.9 Å². The zero-order valence-corrected chi connectivity index (χ0v) is 16.7. The third kappa shape index (κ3) is 2.59. The summed E-state index contributed by atoms with van der Waals surface area (Å²) in [5.74, 6) is 0.953. The summed E-state index contributed by atoms with van der Waals surface area (Å²) in [7, 11) is 3.93. The molecule has 29 heavy (non-hydrogen) atoms. The van der Waals surface area contributed by atoms with E-state index in [4.69, 9.17) is 9.26 Å². The van der Waals surface area contributed by atoms with Gasteiger partial charge in [0.2, 0.25) is 0 Å². The number of rotatable bonds is 3. The van der Waals surface area contributed by atoms with Crippen LogP contribution in [0, 0.1) is 19.7 Å². The number of nitrogens with one attached hydrogen (secondary N) is 1. The maximum atomic E-state index is 15.3. The zero-order valence-electron chi connectivity index (χ0n) is 16.7. The molecule has 2 aliphatic heterocycles. The van der Waals surface area contributed by atoms with E-state index in [-0.39, 0.29) is 18.1 Å². The van der Waals surface area contributed by atoms with Crippen molar-refractivity contribution in [2.75, 3.05) is 30.9 Å². The highest BCUT2D eigenvalue weighted by Crippen LogP contribution is 2.55. The van der Waals surface area contributed by atoms with E-state index in [1.54, 1.807) is 6.20 Å². The predicted molar refractivity (Wildman–Crippen MR) is 107 cm³/mol. The smallest absolute Gasteiger partial charge is 0.158 e. The van der Waals surface area contributed by atoms with E-state index in [1.165, 1.54) is 6.07 Å². The van der Waals surface area contributed by atoms with Crippen LogP contribution in [0.25, 0.3) is 11.1 Å². The average molecular weight is 395 g/mol. The third-order valence-corrected chi connectivity index (χ3v) is 5.58. The van der Waals surface area contributed by atoms with Gasteiger partial charge in [0.15, 0.2) is 12.0 Å². The van der Waals surface area contributed by atoms with Gasteiger partial charge in [0.05, 0.1) is 17.3 Å². The van der Waals surface area contributed by atoms with Crippen molar-refractivity contribution in [3.63, 3.8) is 0 Å². The summed E-state index contributed by atoms with van der Waals surface area (Å²) in [5, 5.41) is 7.36. The Kier molecular flexibility index (Phi) is 3.99. The Balaban J connectivity index is 1.74. The lowest BCUT2D eigenvalue weighted by Crippen LogP contribution is -2.50. The van der Waals surface area contributed by atoms with Crippen molar-refractivity contribution < 1.29 is 13.7 Å². The molecule has 0 saturated carbocycles. The quantitative estimate of drug-likeness (QED) is 0.725. The van der Waals surface area contributed by atoms with Gasteiger partial charge in [-0.25, -0.2) is 4.39 Å². The minimum absolute atomic E-state index is 0.100. The van der Waals surface area contributed by atoms with Crippen molar-refractivity contribution >= 4 is 11.4 Å². The summed E-state index contributed by atoms with van der Waals surface area (Å²) in [6, 6.07) is 5.33. The molecule has 0 amide bonds. The minimum Gasteiger partial charge on any atom is -0.488 e. The molecule has 0 aliphatic carbocycles. The molecule has 2 unspecified atom stereocenters. The first-order valence-electron chi connectivity index (χ1n) is 9.51. The molecule has 5 rings (SSSR count). The highest BCUT2D eigenvalue weighted by molar-refractivity contribution is 5.92. The molecule has 150 valence electrons. The molecular weight excluding hydrogens is 373 g/mol. The van der Waals surface area contributed by atoms with E-state index < -0.39 is 0 Å². The molecule has 0 saturated heterocycles. The first kappa shape index (κ1) is 17.9. The molecule has 2 aromatic heterocycles. The van der Waals surface area contributed by atoms with E-state index in [1.807, 2.05) is 51.2 Å². The number of benzene rings is 1. The van der Waals surface area contributed by atoms with Crippen LogP contribution in [-0.2, 0) is 0 Å². The van der Waals surface area contributed by atoms with Crippen LogP contribution in [0.2, 0.25) is 0 Å². The van der Waals surface area contributed by atoms with Crippen molar-refractivity contribution in [3.05, 3.63) is 53.4 Å². The summed E-state index contributed by atoms with van der Waals surface area (Å²) in [6.07, 6.45) is 3.36. The Labute approximate surface area is 168 Å². The number of anilines is 2. The lowest BCUT2D eigenvalue weighted by Gasteiger charge is -2.41. The first-order valence-corrected chi connectivity index (χ1v) is 9.51. The summed E-state index contributed by atoms with van der Waals surface area (Å²) in [6.45, 7) is 4.10. The number of aryl methyl sites for hydroxylation is 2. The standard InChI is InChI=1S/C21H22FN5O2/c1-11-17(12(2)29-25-11)14-8-15(22)18-19-20(14)28-10-16(13-6-5-7-23-9-13)27(19)21(24-18)26(3)4/h5-9,16,21,24H,10H2,1-4H3. The van der Waals surface area contributed by atoms with Crippen LogP contribution >= 0.6 is 0 Å². The van der Waals surface area contributed by atoms with Gasteiger partial charge in [-0.3, -0.25) is 9.88 Å². The molecule has 8 heteroatoms. The van der Waals surface area contributed by atoms with Crippen LogP contribution in [-0.4, -0.2) is 42.0 Å². The van der Waals surface area contributed by atoms with Crippen LogP contribution in [0.1, 0.15) is 23.1 Å². The van der Waals surface area contributed by atoms with Crippen LogP contribution in [0.15, 0.2) is 35.1 Å². The molecule has 2 atom stereocenters. The second-order valence-corrected chi connectivity index (χ2v) is 7.66. The second-order valence-electron chi connectivity index (χ2n) is 7.66. The Morgan fingerprint density at radius 2 is 2.14 bits per heavy atom. The molecule has 0 spiro atoms. The number of ether oxygens (including phenoxy) is 1. The van der Waals surface area contributed by atoms with Gasteiger partial charge in [0.25, 0.3) is 0 Å². The number of hydrogen-bond acceptors (Lipinski definition) is 7. The van der Waals surface area contributed by atoms with E-state index in [2.05, 4.69) is 20.4 Å². The van der Waals surface area contributed by atoms with Crippen LogP contribution < -0.4 is 15.0 Å². The summed E-state index contributed by atoms with van der Waals surface area (Å²) >= 11 is 0. The lowest BCUT2D eigenvalue weighted by atomic mass is 9.98. The van der Waals surface area contributed by atoms with E-state index in [0.717, 1.165) is 16.8 Å². The predicted octanol–water partition coefficient (Wildman–Crippen LogP) is 3.70. The van der Waals surface area contributed by atoms with Gasteiger partial charge in [0, 0.05) is 18.0 Å². The SMILES string of the molecule is Cc1noc(C)c1-c1cc(F)c2c3c1OCC(c1cccnc1)N3C(N(C)C)N2. The number of halogens is 1. The summed E-state index contributed by atoms with van der Waals surface area (Å²) < 4.78 is 26.9. The van der Waals surface area contributed by atoms with Crippen molar-refractivity contribution in [2.45, 2.75) is 26.2 Å². The average Bonchev–Trinajstić information content (AvgIpc) is 3.27. The number of aromatic nitrogens is 2. The number of nitrogens with zero attached hydrogens (tertiary/aromatic N) is 4. The highest BCUT2D eigenvalue weighted by Gasteiger charge is 2.44. The second kappa shape index (κ2) is 6.45. The van der Waals surface area contributed by atoms with Crippen LogP contribution in [0.5, 0.6) is 5.75 Å². The van der Waals surface area contributed by atoms with Crippen LogP contribution in [0.3, 0.4) is 0 Å². The van der Waals surface area contributed by atoms with Gasteiger partial charge in [0.1, 0.15) is 29.6 Å². The molecule has 0 radical (unpaired) electrons. The molecule has 2 aliphatic rings. The van der Waals surface area contributed by atoms with Gasteiger partial charge in [-0.05, 0) is 45.6 Å². The van der Waals surface area contributed by atoms with Gasteiger partial charge in [-0.2, -0.15) is 0 Å². The number of pyridine rings is 1. The van der Waals surface area contributed by atoms with Crippen molar-refractivity contribution in [2.24, 2.45) is 0 Å². The topological polar surface area (TPSA) is 66.7 Å². The lowest BCUT2D eigenvalue weighted by molar-refractivity contribution is 0.226. The largest absolute Gasteiger partial charge is 0.488 e. The Bertz CT molecular complexity index is 1060. The maximum absolute atomic E-state index is 15.3. The molecule has 0 fully saturated rings. The van der Waals surface area contributed by atoms with E-state index in [9.17, 15) is 0 Å². The fourth-order valence-corrected chi connectivity index (χ4v) is 4.30. The van der Waals surface area contributed by atoms with Crippen LogP contribution in [0.4, 0.5) is 15.8 Å². The molecule has 7 nitrogen and oxygen atoms in total. The van der Waals surface area contributed by atoms with Gasteiger partial charge in [-0.15, -0.1) is 0 Å². The number of hydrogen-bond donors (Lipinski definition) is 1. The van der Waals surface area contributed by atoms with Crippen molar-refractivity contribution in [1.29, 1.82) is 0 Å². The molecular formula is C21H22FN5O2. The summed E-state index contributed by atoms with van der Waals surface area (Å²) in [5.41, 5.74) is 4.32.